The van der Waals surface area contributed by atoms with Crippen molar-refractivity contribution in [3.05, 3.63) is 69.7 Å². The summed E-state index contributed by atoms with van der Waals surface area (Å²) in [7, 11) is 0. The number of hydrogen-bond acceptors (Lipinski definition) is 1. The molecule has 0 bridgehead atoms. The lowest BCUT2D eigenvalue weighted by molar-refractivity contribution is 0.220. The van der Waals surface area contributed by atoms with E-state index in [-0.39, 0.29) is 0 Å². The molecule has 1 nitrogen and oxygen atoms in total. The van der Waals surface area contributed by atoms with Crippen LogP contribution in [0.25, 0.3) is 0 Å². The lowest BCUT2D eigenvalue weighted by Gasteiger charge is -2.13. The van der Waals surface area contributed by atoms with Crippen molar-refractivity contribution in [2.75, 3.05) is 0 Å². The van der Waals surface area contributed by atoms with E-state index >= 15 is 0 Å². The lowest BCUT2D eigenvalue weighted by atomic mass is 9.97. The van der Waals surface area contributed by atoms with Crippen molar-refractivity contribution in [1.82, 2.24) is 0 Å². The molecule has 0 saturated heterocycles. The summed E-state index contributed by atoms with van der Waals surface area (Å²) in [6, 6.07) is 16.0. The number of benzene rings is 2. The Labute approximate surface area is 123 Å². The highest BCUT2D eigenvalue weighted by molar-refractivity contribution is 9.10. The van der Waals surface area contributed by atoms with E-state index in [0.29, 0.717) is 5.92 Å². The molecule has 1 atom stereocenters. The molecule has 1 N–H and O–H groups in total. The van der Waals surface area contributed by atoms with Gasteiger partial charge in [-0.1, -0.05) is 66.2 Å². The average Bonchev–Trinajstić information content (AvgIpc) is 2.39. The molecule has 0 aliphatic heterocycles. The van der Waals surface area contributed by atoms with Gasteiger partial charge in [-0.15, -0.1) is 0 Å². The monoisotopic (exact) mass is 318 g/mol. The Morgan fingerprint density at radius 3 is 1.84 bits per heavy atom. The van der Waals surface area contributed by atoms with Gasteiger partial charge >= 0.3 is 0 Å². The average molecular weight is 319 g/mol. The quantitative estimate of drug-likeness (QED) is 0.864. The normalized spacial score (nSPS) is 12.7. The van der Waals surface area contributed by atoms with Crippen molar-refractivity contribution in [2.24, 2.45) is 5.92 Å². The highest BCUT2D eigenvalue weighted by Gasteiger charge is 2.10. The Morgan fingerprint density at radius 2 is 1.37 bits per heavy atom. The molecule has 0 aliphatic rings. The predicted octanol–water partition coefficient (Wildman–Crippen LogP) is 4.73. The van der Waals surface area contributed by atoms with Gasteiger partial charge in [0.15, 0.2) is 0 Å². The summed E-state index contributed by atoms with van der Waals surface area (Å²) >= 11 is 3.40. The van der Waals surface area contributed by atoms with Crippen molar-refractivity contribution in [2.45, 2.75) is 26.4 Å². The van der Waals surface area contributed by atoms with Gasteiger partial charge in [-0.25, -0.2) is 0 Å². The van der Waals surface area contributed by atoms with Crippen molar-refractivity contribution < 1.29 is 5.11 Å². The van der Waals surface area contributed by atoms with E-state index in [4.69, 9.17) is 0 Å². The fourth-order valence-electron chi connectivity index (χ4n) is 2.14. The van der Waals surface area contributed by atoms with E-state index in [1.165, 1.54) is 5.56 Å². The van der Waals surface area contributed by atoms with E-state index in [2.05, 4.69) is 41.9 Å². The topological polar surface area (TPSA) is 20.2 Å². The third kappa shape index (κ3) is 3.92. The number of aliphatic hydroxyl groups excluding tert-OH is 1. The minimum Gasteiger partial charge on any atom is -0.384 e. The molecule has 0 heterocycles. The Morgan fingerprint density at radius 1 is 0.895 bits per heavy atom. The van der Waals surface area contributed by atoms with Gasteiger partial charge in [0.05, 0.1) is 0 Å². The largest absolute Gasteiger partial charge is 0.384 e. The summed E-state index contributed by atoms with van der Waals surface area (Å²) < 4.78 is 1.02. The van der Waals surface area contributed by atoms with E-state index in [1.807, 2.05) is 36.4 Å². The number of rotatable bonds is 4. The molecule has 2 aromatic rings. The van der Waals surface area contributed by atoms with Gasteiger partial charge in [0, 0.05) is 4.47 Å². The summed E-state index contributed by atoms with van der Waals surface area (Å²) in [5.74, 6) is 0.655. The van der Waals surface area contributed by atoms with Crippen LogP contribution in [0.15, 0.2) is 53.0 Å². The molecule has 100 valence electrons. The van der Waals surface area contributed by atoms with Gasteiger partial charge in [-0.3, -0.25) is 0 Å². The van der Waals surface area contributed by atoms with Crippen LogP contribution in [0.1, 0.15) is 36.6 Å². The highest BCUT2D eigenvalue weighted by atomic mass is 79.9. The summed E-state index contributed by atoms with van der Waals surface area (Å²) in [5.41, 5.74) is 3.18. The standard InChI is InChI=1S/C17H19BrO/c1-12(2)11-13-3-5-14(6-4-13)17(19)15-7-9-16(18)10-8-15/h3-10,12,17,19H,11H2,1-2H3. The molecule has 2 rings (SSSR count). The molecule has 0 fully saturated rings. The van der Waals surface area contributed by atoms with Crippen LogP contribution >= 0.6 is 15.9 Å². The van der Waals surface area contributed by atoms with Gasteiger partial charge in [0.25, 0.3) is 0 Å². The molecular weight excluding hydrogens is 300 g/mol. The molecule has 2 heteroatoms. The smallest absolute Gasteiger partial charge is 0.104 e. The number of halogens is 1. The molecule has 0 spiro atoms. The first-order chi connectivity index (χ1) is 9.06. The van der Waals surface area contributed by atoms with Crippen LogP contribution in [0.3, 0.4) is 0 Å². The predicted molar refractivity (Wildman–Crippen MR) is 83.2 cm³/mol. The Kier molecular flexibility index (Phi) is 4.78. The van der Waals surface area contributed by atoms with E-state index in [0.717, 1.165) is 22.0 Å². The van der Waals surface area contributed by atoms with Gasteiger partial charge in [-0.05, 0) is 41.2 Å². The van der Waals surface area contributed by atoms with E-state index in [9.17, 15) is 5.11 Å². The molecule has 0 radical (unpaired) electrons. The van der Waals surface area contributed by atoms with Crippen LogP contribution in [0.4, 0.5) is 0 Å². The maximum Gasteiger partial charge on any atom is 0.104 e. The Balaban J connectivity index is 2.15. The van der Waals surface area contributed by atoms with Crippen molar-refractivity contribution in [3.8, 4) is 0 Å². The third-order valence-corrected chi connectivity index (χ3v) is 3.65. The van der Waals surface area contributed by atoms with Gasteiger partial charge < -0.3 is 5.11 Å². The van der Waals surface area contributed by atoms with E-state index < -0.39 is 6.10 Å². The molecular formula is C17H19BrO. The molecule has 1 unspecified atom stereocenters. The summed E-state index contributed by atoms with van der Waals surface area (Å²) in [4.78, 5) is 0. The summed E-state index contributed by atoms with van der Waals surface area (Å²) in [6.07, 6.45) is 0.524. The second-order valence-corrected chi connectivity index (χ2v) is 6.21. The molecule has 0 aliphatic carbocycles. The molecule has 2 aromatic carbocycles. The van der Waals surface area contributed by atoms with Crippen LogP contribution < -0.4 is 0 Å². The summed E-state index contributed by atoms with van der Waals surface area (Å²) in [6.45, 7) is 4.43. The number of hydrogen-bond donors (Lipinski definition) is 1. The van der Waals surface area contributed by atoms with Crippen molar-refractivity contribution in [1.29, 1.82) is 0 Å². The van der Waals surface area contributed by atoms with Crippen LogP contribution in [-0.2, 0) is 6.42 Å². The maximum absolute atomic E-state index is 10.3. The molecule has 0 aromatic heterocycles. The van der Waals surface area contributed by atoms with Gasteiger partial charge in [0.2, 0.25) is 0 Å². The Hall–Kier alpha value is -1.12. The van der Waals surface area contributed by atoms with Crippen LogP contribution in [-0.4, -0.2) is 5.11 Å². The zero-order valence-corrected chi connectivity index (χ0v) is 12.9. The second-order valence-electron chi connectivity index (χ2n) is 5.29. The van der Waals surface area contributed by atoms with Crippen LogP contribution in [0, 0.1) is 5.92 Å². The van der Waals surface area contributed by atoms with Crippen LogP contribution in [0.5, 0.6) is 0 Å². The van der Waals surface area contributed by atoms with Crippen LogP contribution in [0.2, 0.25) is 0 Å². The third-order valence-electron chi connectivity index (χ3n) is 3.13. The lowest BCUT2D eigenvalue weighted by Crippen LogP contribution is -2.00. The SMILES string of the molecule is CC(C)Cc1ccc(C(O)c2ccc(Br)cc2)cc1. The first kappa shape index (κ1) is 14.3. The van der Waals surface area contributed by atoms with Gasteiger partial charge in [0.1, 0.15) is 6.10 Å². The maximum atomic E-state index is 10.3. The van der Waals surface area contributed by atoms with Crippen molar-refractivity contribution in [3.63, 3.8) is 0 Å². The Bertz CT molecular complexity index is 514. The fourth-order valence-corrected chi connectivity index (χ4v) is 2.41. The fraction of sp³-hybridized carbons (Fsp3) is 0.294. The summed E-state index contributed by atoms with van der Waals surface area (Å²) in [5, 5.41) is 10.3. The minimum absolute atomic E-state index is 0.554. The zero-order chi connectivity index (χ0) is 13.8. The molecule has 0 amide bonds. The van der Waals surface area contributed by atoms with Gasteiger partial charge in [-0.2, -0.15) is 0 Å². The zero-order valence-electron chi connectivity index (χ0n) is 11.3. The first-order valence-electron chi connectivity index (χ1n) is 6.58. The molecule has 0 saturated carbocycles. The highest BCUT2D eigenvalue weighted by Crippen LogP contribution is 2.24. The van der Waals surface area contributed by atoms with E-state index in [1.54, 1.807) is 0 Å². The first-order valence-corrected chi connectivity index (χ1v) is 7.38. The minimum atomic E-state index is -0.554. The van der Waals surface area contributed by atoms with Crippen molar-refractivity contribution >= 4 is 15.9 Å². The second kappa shape index (κ2) is 6.36. The number of aliphatic hydroxyl groups is 1. The molecule has 19 heavy (non-hydrogen) atoms.